The van der Waals surface area contributed by atoms with Crippen LogP contribution in [0.4, 0.5) is 0 Å². The second-order valence-electron chi connectivity index (χ2n) is 4.20. The van der Waals surface area contributed by atoms with Crippen molar-refractivity contribution in [1.82, 2.24) is 4.90 Å². The van der Waals surface area contributed by atoms with Gasteiger partial charge in [0.15, 0.2) is 0 Å². The van der Waals surface area contributed by atoms with E-state index in [4.69, 9.17) is 5.73 Å². The number of carbonyl (C=O) groups is 1. The van der Waals surface area contributed by atoms with Crippen LogP contribution in [0, 0.1) is 5.92 Å². The number of nitrogens with two attached hydrogens (primary N) is 1. The molecule has 0 saturated carbocycles. The molecule has 0 bridgehead atoms. The van der Waals surface area contributed by atoms with Crippen LogP contribution >= 0.6 is 0 Å². The number of para-hydroxylation sites is 1. The average Bonchev–Trinajstić information content (AvgIpc) is 2.35. The molecule has 4 nitrogen and oxygen atoms in total. The fourth-order valence-corrected chi connectivity index (χ4v) is 1.63. The average molecular weight is 236 g/mol. The second kappa shape index (κ2) is 6.25. The van der Waals surface area contributed by atoms with Gasteiger partial charge in [0.25, 0.3) is 5.91 Å². The van der Waals surface area contributed by atoms with E-state index in [0.717, 1.165) is 0 Å². The Bertz CT molecular complexity index is 379. The molecule has 0 heterocycles. The lowest BCUT2D eigenvalue weighted by Gasteiger charge is -2.24. The van der Waals surface area contributed by atoms with Crippen molar-refractivity contribution in [1.29, 1.82) is 0 Å². The number of rotatable bonds is 5. The largest absolute Gasteiger partial charge is 0.507 e. The van der Waals surface area contributed by atoms with Crippen LogP contribution < -0.4 is 5.73 Å². The molecule has 1 rings (SSSR count). The lowest BCUT2D eigenvalue weighted by Crippen LogP contribution is -2.36. The maximum atomic E-state index is 12.2. The lowest BCUT2D eigenvalue weighted by molar-refractivity contribution is 0.0741. The van der Waals surface area contributed by atoms with Crippen LogP contribution in [-0.2, 0) is 0 Å². The highest BCUT2D eigenvalue weighted by atomic mass is 16.3. The molecule has 1 unspecified atom stereocenters. The van der Waals surface area contributed by atoms with Crippen LogP contribution in [-0.4, -0.2) is 35.5 Å². The highest BCUT2D eigenvalue weighted by Gasteiger charge is 2.18. The van der Waals surface area contributed by atoms with Gasteiger partial charge in [-0.25, -0.2) is 0 Å². The number of carbonyl (C=O) groups excluding carboxylic acids is 1. The molecule has 0 aliphatic rings. The fourth-order valence-electron chi connectivity index (χ4n) is 1.63. The van der Waals surface area contributed by atoms with E-state index in [1.165, 1.54) is 6.07 Å². The SMILES string of the molecule is CCN(CC(C)CN)C(=O)c1ccccc1O. The van der Waals surface area contributed by atoms with E-state index < -0.39 is 0 Å². The topological polar surface area (TPSA) is 66.6 Å². The van der Waals surface area contributed by atoms with Gasteiger partial charge in [-0.1, -0.05) is 19.1 Å². The van der Waals surface area contributed by atoms with Gasteiger partial charge in [-0.15, -0.1) is 0 Å². The van der Waals surface area contributed by atoms with Crippen molar-refractivity contribution in [2.45, 2.75) is 13.8 Å². The van der Waals surface area contributed by atoms with Crippen molar-refractivity contribution in [2.75, 3.05) is 19.6 Å². The highest BCUT2D eigenvalue weighted by Crippen LogP contribution is 2.18. The van der Waals surface area contributed by atoms with Gasteiger partial charge in [0, 0.05) is 13.1 Å². The number of phenols is 1. The third-order valence-electron chi connectivity index (χ3n) is 2.74. The Morgan fingerprint density at radius 3 is 2.65 bits per heavy atom. The Kier molecular flexibility index (Phi) is 4.97. The van der Waals surface area contributed by atoms with Crippen LogP contribution in [0.5, 0.6) is 5.75 Å². The van der Waals surface area contributed by atoms with Crippen molar-refractivity contribution in [3.63, 3.8) is 0 Å². The van der Waals surface area contributed by atoms with Crippen molar-refractivity contribution in [3.05, 3.63) is 29.8 Å². The fraction of sp³-hybridized carbons (Fsp3) is 0.462. The molecular weight excluding hydrogens is 216 g/mol. The highest BCUT2D eigenvalue weighted by molar-refractivity contribution is 5.96. The zero-order valence-electron chi connectivity index (χ0n) is 10.4. The maximum absolute atomic E-state index is 12.2. The molecule has 0 aromatic heterocycles. The van der Waals surface area contributed by atoms with Gasteiger partial charge in [-0.3, -0.25) is 4.79 Å². The van der Waals surface area contributed by atoms with Crippen LogP contribution in [0.2, 0.25) is 0 Å². The predicted octanol–water partition coefficient (Wildman–Crippen LogP) is 1.45. The van der Waals surface area contributed by atoms with Crippen LogP contribution in [0.15, 0.2) is 24.3 Å². The standard InChI is InChI=1S/C13H20N2O2/c1-3-15(9-10(2)8-14)13(17)11-6-4-5-7-12(11)16/h4-7,10,16H,3,8-9,14H2,1-2H3. The van der Waals surface area contributed by atoms with Crippen LogP contribution in [0.1, 0.15) is 24.2 Å². The van der Waals surface area contributed by atoms with Gasteiger partial charge in [0.1, 0.15) is 5.75 Å². The minimum Gasteiger partial charge on any atom is -0.507 e. The first-order valence-electron chi connectivity index (χ1n) is 5.87. The van der Waals surface area contributed by atoms with E-state index in [1.54, 1.807) is 23.1 Å². The van der Waals surface area contributed by atoms with E-state index >= 15 is 0 Å². The van der Waals surface area contributed by atoms with Crippen LogP contribution in [0.3, 0.4) is 0 Å². The Morgan fingerprint density at radius 2 is 2.12 bits per heavy atom. The van der Waals surface area contributed by atoms with Crippen molar-refractivity contribution in [3.8, 4) is 5.75 Å². The van der Waals surface area contributed by atoms with Crippen LogP contribution in [0.25, 0.3) is 0 Å². The molecule has 0 radical (unpaired) electrons. The molecule has 17 heavy (non-hydrogen) atoms. The summed E-state index contributed by atoms with van der Waals surface area (Å²) >= 11 is 0. The number of nitrogens with zero attached hydrogens (tertiary/aromatic N) is 1. The monoisotopic (exact) mass is 236 g/mol. The number of phenolic OH excluding ortho intramolecular Hbond substituents is 1. The Morgan fingerprint density at radius 1 is 1.47 bits per heavy atom. The summed E-state index contributed by atoms with van der Waals surface area (Å²) in [6, 6.07) is 6.60. The van der Waals surface area contributed by atoms with Gasteiger partial charge >= 0.3 is 0 Å². The number of amides is 1. The Balaban J connectivity index is 2.83. The number of hydrogen-bond acceptors (Lipinski definition) is 3. The summed E-state index contributed by atoms with van der Waals surface area (Å²) in [5.41, 5.74) is 5.90. The first kappa shape index (κ1) is 13.5. The minimum atomic E-state index is -0.147. The van der Waals surface area contributed by atoms with E-state index in [9.17, 15) is 9.90 Å². The lowest BCUT2D eigenvalue weighted by atomic mass is 10.1. The normalized spacial score (nSPS) is 12.2. The zero-order chi connectivity index (χ0) is 12.8. The van der Waals surface area contributed by atoms with Gasteiger partial charge in [0.05, 0.1) is 5.56 Å². The van der Waals surface area contributed by atoms with E-state index in [2.05, 4.69) is 0 Å². The maximum Gasteiger partial charge on any atom is 0.257 e. The predicted molar refractivity (Wildman–Crippen MR) is 67.9 cm³/mol. The molecule has 0 spiro atoms. The molecule has 0 saturated heterocycles. The van der Waals surface area contributed by atoms with E-state index in [1.807, 2.05) is 13.8 Å². The first-order chi connectivity index (χ1) is 8.10. The molecule has 1 amide bonds. The Labute approximate surface area is 102 Å². The summed E-state index contributed by atoms with van der Waals surface area (Å²) in [7, 11) is 0. The molecule has 4 heteroatoms. The van der Waals surface area contributed by atoms with Gasteiger partial charge in [0.2, 0.25) is 0 Å². The van der Waals surface area contributed by atoms with Crippen molar-refractivity contribution in [2.24, 2.45) is 11.7 Å². The minimum absolute atomic E-state index is 0.0244. The van der Waals surface area contributed by atoms with Gasteiger partial charge in [-0.2, -0.15) is 0 Å². The zero-order valence-corrected chi connectivity index (χ0v) is 10.4. The summed E-state index contributed by atoms with van der Waals surface area (Å²) in [5.74, 6) is 0.131. The van der Waals surface area contributed by atoms with Gasteiger partial charge in [-0.05, 0) is 31.5 Å². The third-order valence-corrected chi connectivity index (χ3v) is 2.74. The summed E-state index contributed by atoms with van der Waals surface area (Å²) in [6.45, 7) is 5.68. The van der Waals surface area contributed by atoms with Crippen molar-refractivity contribution < 1.29 is 9.90 Å². The smallest absolute Gasteiger partial charge is 0.257 e. The van der Waals surface area contributed by atoms with Crippen molar-refractivity contribution >= 4 is 5.91 Å². The molecule has 1 atom stereocenters. The molecule has 0 aliphatic heterocycles. The number of benzene rings is 1. The van der Waals surface area contributed by atoms with Gasteiger partial charge < -0.3 is 15.7 Å². The first-order valence-corrected chi connectivity index (χ1v) is 5.87. The molecule has 3 N–H and O–H groups in total. The molecule has 0 fully saturated rings. The second-order valence-corrected chi connectivity index (χ2v) is 4.20. The quantitative estimate of drug-likeness (QED) is 0.813. The molecule has 0 aliphatic carbocycles. The number of aromatic hydroxyl groups is 1. The summed E-state index contributed by atoms with van der Waals surface area (Å²) in [5, 5.41) is 9.64. The summed E-state index contributed by atoms with van der Waals surface area (Å²) < 4.78 is 0. The molecule has 94 valence electrons. The Hall–Kier alpha value is -1.55. The number of hydrogen-bond donors (Lipinski definition) is 2. The molecule has 1 aromatic rings. The van der Waals surface area contributed by atoms with E-state index in [-0.39, 0.29) is 17.6 Å². The van der Waals surface area contributed by atoms with E-state index in [0.29, 0.717) is 25.2 Å². The molecular formula is C13H20N2O2. The third kappa shape index (κ3) is 3.46. The summed E-state index contributed by atoms with van der Waals surface area (Å²) in [6.07, 6.45) is 0. The molecule has 1 aromatic carbocycles. The summed E-state index contributed by atoms with van der Waals surface area (Å²) in [4.78, 5) is 13.9.